The highest BCUT2D eigenvalue weighted by Gasteiger charge is 2.18. The van der Waals surface area contributed by atoms with Crippen molar-refractivity contribution in [1.82, 2.24) is 0 Å². The van der Waals surface area contributed by atoms with Crippen LogP contribution in [0.1, 0.15) is 108 Å². The Balaban J connectivity index is 1.32. The number of carbonyl (C=O) groups is 1. The quantitative estimate of drug-likeness (QED) is 0.0901. The number of hydrogen-bond donors (Lipinski definition) is 0. The van der Waals surface area contributed by atoms with E-state index in [1.54, 1.807) is 24.3 Å². The van der Waals surface area contributed by atoms with Gasteiger partial charge in [0.15, 0.2) is 0 Å². The van der Waals surface area contributed by atoms with E-state index >= 15 is 0 Å². The molecule has 1 aliphatic carbocycles. The Kier molecular flexibility index (Phi) is 13.9. The van der Waals surface area contributed by atoms with E-state index in [2.05, 4.69) is 26.0 Å². The van der Waals surface area contributed by atoms with Crippen LogP contribution in [-0.4, -0.2) is 19.2 Å². The highest BCUT2D eigenvalue weighted by Crippen LogP contribution is 2.32. The second-order valence-corrected chi connectivity index (χ2v) is 10.7. The van der Waals surface area contributed by atoms with E-state index < -0.39 is 0 Å². The molecule has 2 aromatic rings. The summed E-state index contributed by atoms with van der Waals surface area (Å²) in [5.41, 5.74) is 0.501. The lowest BCUT2D eigenvalue weighted by atomic mass is 9.79. The van der Waals surface area contributed by atoms with Crippen molar-refractivity contribution in [2.75, 3.05) is 13.2 Å². The van der Waals surface area contributed by atoms with Crippen molar-refractivity contribution in [3.63, 3.8) is 0 Å². The SMILES string of the molecule is CCCCCCCOc1ccc(C(=O)Oc2ccc(OCC=C[C@H]3CC[C@H](CCCCC)CC3)cc2)cc1. The highest BCUT2D eigenvalue weighted by molar-refractivity contribution is 5.91. The molecule has 1 saturated carbocycles. The summed E-state index contributed by atoms with van der Waals surface area (Å²) in [4.78, 5) is 12.5. The van der Waals surface area contributed by atoms with Crippen LogP contribution in [-0.2, 0) is 0 Å². The molecule has 0 spiro atoms. The van der Waals surface area contributed by atoms with Crippen molar-refractivity contribution in [2.45, 2.75) is 97.3 Å². The van der Waals surface area contributed by atoms with Gasteiger partial charge in [-0.05, 0) is 92.5 Å². The molecule has 0 atom stereocenters. The summed E-state index contributed by atoms with van der Waals surface area (Å²) in [7, 11) is 0. The van der Waals surface area contributed by atoms with Crippen LogP contribution >= 0.6 is 0 Å². The van der Waals surface area contributed by atoms with Crippen LogP contribution in [0, 0.1) is 11.8 Å². The van der Waals surface area contributed by atoms with Crippen molar-refractivity contribution in [3.05, 3.63) is 66.2 Å². The number of carbonyl (C=O) groups excluding carboxylic acids is 1. The molecule has 208 valence electrons. The van der Waals surface area contributed by atoms with Crippen LogP contribution < -0.4 is 14.2 Å². The molecule has 1 fully saturated rings. The van der Waals surface area contributed by atoms with Gasteiger partial charge in [0.25, 0.3) is 0 Å². The van der Waals surface area contributed by atoms with E-state index in [1.807, 2.05) is 24.3 Å². The van der Waals surface area contributed by atoms with Crippen molar-refractivity contribution in [1.29, 1.82) is 0 Å². The first-order chi connectivity index (χ1) is 18.7. The predicted molar refractivity (Wildman–Crippen MR) is 156 cm³/mol. The van der Waals surface area contributed by atoms with E-state index in [0.29, 0.717) is 30.4 Å². The zero-order chi connectivity index (χ0) is 26.8. The number of benzene rings is 2. The molecule has 0 amide bonds. The average molecular weight is 521 g/mol. The van der Waals surface area contributed by atoms with Crippen LogP contribution in [0.4, 0.5) is 0 Å². The molecule has 0 bridgehead atoms. The molecule has 4 heteroatoms. The molecular weight excluding hydrogens is 472 g/mol. The molecule has 3 rings (SSSR count). The van der Waals surface area contributed by atoms with Gasteiger partial charge in [-0.25, -0.2) is 4.79 Å². The summed E-state index contributed by atoms with van der Waals surface area (Å²) < 4.78 is 17.2. The minimum atomic E-state index is -0.382. The summed E-state index contributed by atoms with van der Waals surface area (Å²) in [5.74, 6) is 3.30. The summed E-state index contributed by atoms with van der Waals surface area (Å²) in [6, 6.07) is 14.4. The van der Waals surface area contributed by atoms with Gasteiger partial charge < -0.3 is 14.2 Å². The molecule has 0 aliphatic heterocycles. The summed E-state index contributed by atoms with van der Waals surface area (Å²) in [6.07, 6.45) is 21.4. The van der Waals surface area contributed by atoms with Gasteiger partial charge >= 0.3 is 5.97 Å². The molecule has 0 radical (unpaired) electrons. The summed E-state index contributed by atoms with van der Waals surface area (Å²) in [6.45, 7) is 5.76. The zero-order valence-electron chi connectivity index (χ0n) is 23.7. The fraction of sp³-hybridized carbons (Fsp3) is 0.559. The van der Waals surface area contributed by atoms with E-state index in [1.165, 1.54) is 77.0 Å². The van der Waals surface area contributed by atoms with E-state index in [0.717, 1.165) is 23.8 Å². The number of rotatable bonds is 17. The van der Waals surface area contributed by atoms with Crippen molar-refractivity contribution >= 4 is 5.97 Å². The van der Waals surface area contributed by atoms with Gasteiger partial charge in [-0.3, -0.25) is 0 Å². The fourth-order valence-corrected chi connectivity index (χ4v) is 5.10. The third-order valence-electron chi connectivity index (χ3n) is 7.50. The van der Waals surface area contributed by atoms with E-state index in [-0.39, 0.29) is 5.97 Å². The van der Waals surface area contributed by atoms with Crippen LogP contribution in [0.5, 0.6) is 17.2 Å². The molecule has 0 aromatic heterocycles. The van der Waals surface area contributed by atoms with Gasteiger partial charge in [0, 0.05) is 0 Å². The predicted octanol–water partition coefficient (Wildman–Crippen LogP) is 9.58. The molecule has 1 aliphatic rings. The third kappa shape index (κ3) is 11.3. The smallest absolute Gasteiger partial charge is 0.343 e. The first-order valence-corrected chi connectivity index (χ1v) is 15.0. The Labute approximate surface area is 230 Å². The lowest BCUT2D eigenvalue weighted by Gasteiger charge is -2.26. The first kappa shape index (κ1) is 29.8. The minimum absolute atomic E-state index is 0.382. The highest BCUT2D eigenvalue weighted by atomic mass is 16.5. The molecule has 0 heterocycles. The average Bonchev–Trinajstić information content (AvgIpc) is 2.95. The number of esters is 1. The maximum absolute atomic E-state index is 12.5. The monoisotopic (exact) mass is 520 g/mol. The van der Waals surface area contributed by atoms with Crippen LogP contribution in [0.25, 0.3) is 0 Å². The van der Waals surface area contributed by atoms with Crippen molar-refractivity contribution in [3.8, 4) is 17.2 Å². The molecule has 0 N–H and O–H groups in total. The Morgan fingerprint density at radius 1 is 0.737 bits per heavy atom. The van der Waals surface area contributed by atoms with Gasteiger partial charge in [0.05, 0.1) is 12.2 Å². The normalized spacial score (nSPS) is 17.4. The number of hydrogen-bond acceptors (Lipinski definition) is 4. The zero-order valence-corrected chi connectivity index (χ0v) is 23.7. The van der Waals surface area contributed by atoms with E-state index in [9.17, 15) is 4.79 Å². The number of allylic oxidation sites excluding steroid dienone is 1. The Hall–Kier alpha value is -2.75. The first-order valence-electron chi connectivity index (χ1n) is 15.0. The van der Waals surface area contributed by atoms with Crippen LogP contribution in [0.15, 0.2) is 60.7 Å². The fourth-order valence-electron chi connectivity index (χ4n) is 5.10. The molecule has 2 aromatic carbocycles. The number of unbranched alkanes of at least 4 members (excludes halogenated alkanes) is 6. The van der Waals surface area contributed by atoms with Gasteiger partial charge in [-0.1, -0.05) is 77.4 Å². The summed E-state index contributed by atoms with van der Waals surface area (Å²) in [5, 5.41) is 0. The second-order valence-electron chi connectivity index (χ2n) is 10.7. The van der Waals surface area contributed by atoms with Crippen LogP contribution in [0.2, 0.25) is 0 Å². The van der Waals surface area contributed by atoms with Gasteiger partial charge in [0.1, 0.15) is 23.9 Å². The van der Waals surface area contributed by atoms with Crippen molar-refractivity contribution in [2.24, 2.45) is 11.8 Å². The molecule has 0 saturated heterocycles. The molecule has 0 unspecified atom stereocenters. The van der Waals surface area contributed by atoms with Gasteiger partial charge in [-0.15, -0.1) is 0 Å². The lowest BCUT2D eigenvalue weighted by Crippen LogP contribution is -2.13. The topological polar surface area (TPSA) is 44.8 Å². The van der Waals surface area contributed by atoms with E-state index in [4.69, 9.17) is 14.2 Å². The standard InChI is InChI=1S/C34H48O4/c1-3-5-7-8-10-26-36-31-20-18-30(19-21-31)34(35)38-33-24-22-32(23-25-33)37-27-11-13-29-16-14-28(15-17-29)12-9-6-4-2/h11,13,18-25,28-29H,3-10,12,14-17,26-27H2,1-2H3/t28-,29-. The maximum atomic E-state index is 12.5. The third-order valence-corrected chi connectivity index (χ3v) is 7.50. The maximum Gasteiger partial charge on any atom is 0.343 e. The Morgan fingerprint density at radius 2 is 1.34 bits per heavy atom. The molecule has 4 nitrogen and oxygen atoms in total. The van der Waals surface area contributed by atoms with Crippen molar-refractivity contribution < 1.29 is 19.0 Å². The minimum Gasteiger partial charge on any atom is -0.494 e. The largest absolute Gasteiger partial charge is 0.494 e. The lowest BCUT2D eigenvalue weighted by molar-refractivity contribution is 0.0734. The van der Waals surface area contributed by atoms with Gasteiger partial charge in [-0.2, -0.15) is 0 Å². The summed E-state index contributed by atoms with van der Waals surface area (Å²) >= 11 is 0. The van der Waals surface area contributed by atoms with Crippen LogP contribution in [0.3, 0.4) is 0 Å². The number of ether oxygens (including phenoxy) is 3. The van der Waals surface area contributed by atoms with Gasteiger partial charge in [0.2, 0.25) is 0 Å². The Morgan fingerprint density at radius 3 is 2.05 bits per heavy atom. The molecular formula is C34H48O4. The molecule has 38 heavy (non-hydrogen) atoms. The second kappa shape index (κ2) is 17.7. The Bertz CT molecular complexity index is 924.